The molecule has 0 radical (unpaired) electrons. The van der Waals surface area contributed by atoms with Crippen LogP contribution < -0.4 is 0 Å². The van der Waals surface area contributed by atoms with Crippen molar-refractivity contribution >= 4 is 22.8 Å². The molecule has 0 bridgehead atoms. The largest absolute Gasteiger partial charge is 0.342 e. The van der Waals surface area contributed by atoms with E-state index in [-0.39, 0.29) is 0 Å². The van der Waals surface area contributed by atoms with Crippen molar-refractivity contribution in [1.82, 2.24) is 9.97 Å². The number of benzene rings is 1. The van der Waals surface area contributed by atoms with Crippen LogP contribution in [0.15, 0.2) is 12.1 Å². The summed E-state index contributed by atoms with van der Waals surface area (Å²) < 4.78 is 0. The number of imidazole rings is 1. The number of nitrogens with one attached hydrogen (secondary N) is 1. The molecule has 2 aromatic rings. The number of aromatic nitrogens is 2. The average molecular weight is 220 g/mol. The second-order valence-electron chi connectivity index (χ2n) is 3.88. The van der Waals surface area contributed by atoms with E-state index in [1.165, 1.54) is 11.1 Å². The molecular formula is C12H16N2S. The summed E-state index contributed by atoms with van der Waals surface area (Å²) in [6.45, 7) is 4.27. The van der Waals surface area contributed by atoms with Crippen LogP contribution in [0.2, 0.25) is 0 Å². The number of rotatable bonds is 3. The lowest BCUT2D eigenvalue weighted by Gasteiger charge is -1.97. The Morgan fingerprint density at radius 3 is 2.73 bits per heavy atom. The maximum atomic E-state index is 4.58. The number of thioether (sulfide) groups is 1. The summed E-state index contributed by atoms with van der Waals surface area (Å²) in [4.78, 5) is 7.96. The third kappa shape index (κ3) is 2.17. The van der Waals surface area contributed by atoms with Crippen molar-refractivity contribution in [2.75, 3.05) is 12.0 Å². The smallest absolute Gasteiger partial charge is 0.108 e. The Balaban J connectivity index is 2.38. The van der Waals surface area contributed by atoms with Gasteiger partial charge in [0.2, 0.25) is 0 Å². The van der Waals surface area contributed by atoms with Gasteiger partial charge in [0, 0.05) is 12.2 Å². The fourth-order valence-electron chi connectivity index (χ4n) is 1.64. The highest BCUT2D eigenvalue weighted by atomic mass is 32.2. The van der Waals surface area contributed by atoms with E-state index in [9.17, 15) is 0 Å². The monoisotopic (exact) mass is 220 g/mol. The summed E-state index contributed by atoms with van der Waals surface area (Å²) in [5, 5.41) is 0. The van der Waals surface area contributed by atoms with Gasteiger partial charge >= 0.3 is 0 Å². The van der Waals surface area contributed by atoms with Gasteiger partial charge in [0.1, 0.15) is 5.82 Å². The van der Waals surface area contributed by atoms with Gasteiger partial charge in [-0.1, -0.05) is 0 Å². The summed E-state index contributed by atoms with van der Waals surface area (Å²) in [7, 11) is 0. The highest BCUT2D eigenvalue weighted by molar-refractivity contribution is 7.98. The normalized spacial score (nSPS) is 11.1. The molecule has 15 heavy (non-hydrogen) atoms. The van der Waals surface area contributed by atoms with Crippen molar-refractivity contribution in [3.05, 3.63) is 29.1 Å². The molecule has 0 unspecified atom stereocenters. The summed E-state index contributed by atoms with van der Waals surface area (Å²) in [5.74, 6) is 2.22. The number of aromatic amines is 1. The van der Waals surface area contributed by atoms with Crippen LogP contribution in [-0.4, -0.2) is 22.0 Å². The molecule has 1 aromatic heterocycles. The van der Waals surface area contributed by atoms with E-state index >= 15 is 0 Å². The Morgan fingerprint density at radius 2 is 2.00 bits per heavy atom. The van der Waals surface area contributed by atoms with Gasteiger partial charge in [-0.3, -0.25) is 0 Å². The first-order valence-electron chi connectivity index (χ1n) is 5.15. The molecule has 0 aliphatic rings. The van der Waals surface area contributed by atoms with Gasteiger partial charge in [-0.15, -0.1) is 0 Å². The zero-order chi connectivity index (χ0) is 10.8. The second-order valence-corrected chi connectivity index (χ2v) is 4.87. The summed E-state index contributed by atoms with van der Waals surface area (Å²) >= 11 is 1.85. The molecule has 0 amide bonds. The van der Waals surface area contributed by atoms with Crippen LogP contribution >= 0.6 is 11.8 Å². The fourth-order valence-corrected chi connectivity index (χ4v) is 2.04. The minimum Gasteiger partial charge on any atom is -0.342 e. The number of aryl methyl sites for hydroxylation is 3. The molecule has 1 heterocycles. The Hall–Kier alpha value is -0.960. The van der Waals surface area contributed by atoms with E-state index in [0.29, 0.717) is 0 Å². The summed E-state index contributed by atoms with van der Waals surface area (Å²) in [5.41, 5.74) is 4.89. The lowest BCUT2D eigenvalue weighted by atomic mass is 10.1. The maximum absolute atomic E-state index is 4.58. The number of fused-ring (bicyclic) bond motifs is 1. The molecule has 0 saturated heterocycles. The van der Waals surface area contributed by atoms with E-state index in [2.05, 4.69) is 42.2 Å². The van der Waals surface area contributed by atoms with Crippen molar-refractivity contribution in [2.45, 2.75) is 20.3 Å². The van der Waals surface area contributed by atoms with E-state index in [1.54, 1.807) is 0 Å². The van der Waals surface area contributed by atoms with Gasteiger partial charge in [-0.05, 0) is 43.4 Å². The van der Waals surface area contributed by atoms with Gasteiger partial charge in [-0.25, -0.2) is 4.98 Å². The molecule has 0 aliphatic heterocycles. The topological polar surface area (TPSA) is 28.7 Å². The lowest BCUT2D eigenvalue weighted by molar-refractivity contribution is 1.01. The van der Waals surface area contributed by atoms with Crippen molar-refractivity contribution in [3.63, 3.8) is 0 Å². The SMILES string of the molecule is CSCCc1nc2cc(C)c(C)cc2[nH]1. The predicted octanol–water partition coefficient (Wildman–Crippen LogP) is 3.09. The quantitative estimate of drug-likeness (QED) is 0.861. The molecule has 0 spiro atoms. The van der Waals surface area contributed by atoms with Crippen LogP contribution in [0.3, 0.4) is 0 Å². The van der Waals surface area contributed by atoms with E-state index in [4.69, 9.17) is 0 Å². The van der Waals surface area contributed by atoms with E-state index in [0.717, 1.165) is 29.0 Å². The summed E-state index contributed by atoms with van der Waals surface area (Å²) in [6.07, 6.45) is 3.14. The van der Waals surface area contributed by atoms with Crippen molar-refractivity contribution in [3.8, 4) is 0 Å². The lowest BCUT2D eigenvalue weighted by Crippen LogP contribution is -1.89. The molecule has 1 aromatic carbocycles. The van der Waals surface area contributed by atoms with Crippen LogP contribution in [0, 0.1) is 13.8 Å². The van der Waals surface area contributed by atoms with E-state index in [1.807, 2.05) is 11.8 Å². The first-order chi connectivity index (χ1) is 7.20. The van der Waals surface area contributed by atoms with Crippen molar-refractivity contribution in [1.29, 1.82) is 0 Å². The molecule has 80 valence electrons. The molecule has 2 rings (SSSR count). The first-order valence-corrected chi connectivity index (χ1v) is 6.55. The minimum absolute atomic E-state index is 1.02. The Bertz CT molecular complexity index is 435. The summed E-state index contributed by atoms with van der Waals surface area (Å²) in [6, 6.07) is 4.34. The molecular weight excluding hydrogens is 204 g/mol. The zero-order valence-corrected chi connectivity index (χ0v) is 10.2. The van der Waals surface area contributed by atoms with Crippen LogP contribution in [0.4, 0.5) is 0 Å². The standard InChI is InChI=1S/C12H16N2S/c1-8-6-10-11(7-9(8)2)14-12(13-10)4-5-15-3/h6-7H,4-5H2,1-3H3,(H,13,14). The Labute approximate surface area is 94.5 Å². The molecule has 0 fully saturated rings. The fraction of sp³-hybridized carbons (Fsp3) is 0.417. The number of H-pyrrole nitrogens is 1. The van der Waals surface area contributed by atoms with Crippen LogP contribution in [0.1, 0.15) is 17.0 Å². The number of hydrogen-bond donors (Lipinski definition) is 1. The van der Waals surface area contributed by atoms with Gasteiger partial charge < -0.3 is 4.98 Å². The predicted molar refractivity (Wildman–Crippen MR) is 67.7 cm³/mol. The minimum atomic E-state index is 1.02. The third-order valence-corrected chi connectivity index (χ3v) is 3.30. The molecule has 1 N–H and O–H groups in total. The highest BCUT2D eigenvalue weighted by Crippen LogP contribution is 2.17. The van der Waals surface area contributed by atoms with Crippen molar-refractivity contribution in [2.24, 2.45) is 0 Å². The molecule has 2 nitrogen and oxygen atoms in total. The number of nitrogens with zero attached hydrogens (tertiary/aromatic N) is 1. The van der Waals surface area contributed by atoms with Gasteiger partial charge in [0.25, 0.3) is 0 Å². The first kappa shape index (κ1) is 10.6. The maximum Gasteiger partial charge on any atom is 0.108 e. The van der Waals surface area contributed by atoms with Gasteiger partial charge in [0.05, 0.1) is 11.0 Å². The molecule has 0 aliphatic carbocycles. The second kappa shape index (κ2) is 4.27. The van der Waals surface area contributed by atoms with Gasteiger partial charge in [-0.2, -0.15) is 11.8 Å². The highest BCUT2D eigenvalue weighted by Gasteiger charge is 2.04. The molecule has 0 saturated carbocycles. The third-order valence-electron chi connectivity index (χ3n) is 2.69. The average Bonchev–Trinajstić information content (AvgIpc) is 2.58. The Kier molecular flexibility index (Phi) is 3.00. The number of hydrogen-bond acceptors (Lipinski definition) is 2. The van der Waals surface area contributed by atoms with Crippen LogP contribution in [-0.2, 0) is 6.42 Å². The van der Waals surface area contributed by atoms with Gasteiger partial charge in [0.15, 0.2) is 0 Å². The zero-order valence-electron chi connectivity index (χ0n) is 9.42. The van der Waals surface area contributed by atoms with E-state index < -0.39 is 0 Å². The Morgan fingerprint density at radius 1 is 1.27 bits per heavy atom. The van der Waals surface area contributed by atoms with Crippen LogP contribution in [0.25, 0.3) is 11.0 Å². The molecule has 3 heteroatoms. The van der Waals surface area contributed by atoms with Crippen LogP contribution in [0.5, 0.6) is 0 Å². The molecule has 0 atom stereocenters. The van der Waals surface area contributed by atoms with Crippen molar-refractivity contribution < 1.29 is 0 Å².